The Morgan fingerprint density at radius 3 is 0.852 bits per heavy atom. The minimum atomic E-state index is 0.467. The molecular weight excluding hydrogens is 653 g/mol. The fraction of sp³-hybridized carbons (Fsp3) is 1.00. The highest BCUT2D eigenvalue weighted by Crippen LogP contribution is 2.61. The van der Waals surface area contributed by atoms with Gasteiger partial charge in [0.25, 0.3) is 0 Å². The van der Waals surface area contributed by atoms with E-state index in [-0.39, 0.29) is 0 Å². The molecule has 0 amide bonds. The van der Waals surface area contributed by atoms with Crippen LogP contribution in [0, 0.1) is 70.0 Å². The lowest BCUT2D eigenvalue weighted by atomic mass is 9.48. The second-order valence-corrected chi connectivity index (χ2v) is 23.9. The first-order valence-electron chi connectivity index (χ1n) is 25.4. The molecule has 8 unspecified atom stereocenters. The molecule has 0 aliphatic heterocycles. The summed E-state index contributed by atoms with van der Waals surface area (Å²) in [6.45, 7) is 26.0. The van der Waals surface area contributed by atoms with Gasteiger partial charge >= 0.3 is 0 Å². The molecule has 0 aromatic rings. The van der Waals surface area contributed by atoms with E-state index in [1.165, 1.54) is 141 Å². The summed E-state index contributed by atoms with van der Waals surface area (Å²) in [6.07, 6.45) is 35.6. The zero-order valence-electron chi connectivity index (χ0n) is 38.1. The quantitative estimate of drug-likeness (QED) is 0.220. The second kappa shape index (κ2) is 17.6. The summed E-state index contributed by atoms with van der Waals surface area (Å²) in [4.78, 5) is 6.98. The van der Waals surface area contributed by atoms with Gasteiger partial charge in [0.1, 0.15) is 0 Å². The van der Waals surface area contributed by atoms with Gasteiger partial charge in [-0.15, -0.1) is 0 Å². The van der Waals surface area contributed by atoms with Gasteiger partial charge in [-0.2, -0.15) is 0 Å². The van der Waals surface area contributed by atoms with E-state index in [4.69, 9.17) is 0 Å². The summed E-state index contributed by atoms with van der Waals surface area (Å²) >= 11 is 0. The molecule has 7 fully saturated rings. The van der Waals surface area contributed by atoms with E-state index in [2.05, 4.69) is 79.0 Å². The van der Waals surface area contributed by atoms with E-state index in [0.717, 1.165) is 95.4 Å². The SMILES string of the molecule is CCC(C)(C)C1CCC2C(C1)C(N(C1CCC(C)CC1)C1CCC(C)CC1)C1CCC(C(C)(C)CC)CC1C2N(C1CCC(C)CC1)C1CCC(C)CC1. The smallest absolute Gasteiger partial charge is 0.0164 e. The van der Waals surface area contributed by atoms with Crippen molar-refractivity contribution in [1.29, 1.82) is 0 Å². The van der Waals surface area contributed by atoms with Gasteiger partial charge in [-0.3, -0.25) is 9.80 Å². The van der Waals surface area contributed by atoms with Crippen molar-refractivity contribution in [2.24, 2.45) is 70.0 Å². The van der Waals surface area contributed by atoms with Gasteiger partial charge in [0.15, 0.2) is 0 Å². The Hall–Kier alpha value is -0.0800. The van der Waals surface area contributed by atoms with E-state index in [9.17, 15) is 0 Å². The van der Waals surface area contributed by atoms with Crippen molar-refractivity contribution >= 4 is 0 Å². The normalized spacial score (nSPS) is 45.6. The summed E-state index contributed by atoms with van der Waals surface area (Å²) in [5, 5.41) is 0. The summed E-state index contributed by atoms with van der Waals surface area (Å²) in [5.41, 5.74) is 0.934. The third-order valence-electron chi connectivity index (χ3n) is 20.0. The van der Waals surface area contributed by atoms with E-state index in [1.54, 1.807) is 12.8 Å². The summed E-state index contributed by atoms with van der Waals surface area (Å²) in [6, 6.07) is 5.08. The first-order chi connectivity index (χ1) is 25.8. The molecular formula is C52H94N2. The maximum absolute atomic E-state index is 3.49. The van der Waals surface area contributed by atoms with Gasteiger partial charge in [-0.05, 0) is 211 Å². The first kappa shape index (κ1) is 42.1. The lowest BCUT2D eigenvalue weighted by Crippen LogP contribution is -2.70. The molecule has 2 heteroatoms. The number of rotatable bonds is 10. The number of hydrogen-bond donors (Lipinski definition) is 0. The van der Waals surface area contributed by atoms with Gasteiger partial charge < -0.3 is 0 Å². The summed E-state index contributed by atoms with van der Waals surface area (Å²) in [5.74, 6) is 9.18. The molecule has 0 N–H and O–H groups in total. The van der Waals surface area contributed by atoms with Crippen LogP contribution in [0.15, 0.2) is 0 Å². The molecule has 7 aliphatic rings. The predicted octanol–water partition coefficient (Wildman–Crippen LogP) is 14.6. The Morgan fingerprint density at radius 1 is 0.352 bits per heavy atom. The van der Waals surface area contributed by atoms with Gasteiger partial charge in [0.05, 0.1) is 0 Å². The molecule has 7 saturated carbocycles. The van der Waals surface area contributed by atoms with Crippen LogP contribution in [0.25, 0.3) is 0 Å². The van der Waals surface area contributed by atoms with Gasteiger partial charge in [-0.1, -0.05) is 82.1 Å². The highest BCUT2D eigenvalue weighted by Gasteiger charge is 2.60. The topological polar surface area (TPSA) is 6.48 Å². The van der Waals surface area contributed by atoms with Crippen LogP contribution in [-0.4, -0.2) is 46.1 Å². The zero-order valence-corrected chi connectivity index (χ0v) is 38.1. The molecule has 7 rings (SSSR count). The van der Waals surface area contributed by atoms with Crippen molar-refractivity contribution < 1.29 is 0 Å². The Bertz CT molecular complexity index is 1010. The molecule has 54 heavy (non-hydrogen) atoms. The summed E-state index contributed by atoms with van der Waals surface area (Å²) in [7, 11) is 0. The van der Waals surface area contributed by atoms with Crippen LogP contribution in [0.2, 0.25) is 0 Å². The van der Waals surface area contributed by atoms with Gasteiger partial charge in [0, 0.05) is 36.3 Å². The maximum atomic E-state index is 3.49. The molecule has 0 bridgehead atoms. The Balaban J connectivity index is 1.35. The molecule has 0 saturated heterocycles. The van der Waals surface area contributed by atoms with E-state index in [1.807, 2.05) is 0 Å². The van der Waals surface area contributed by atoms with Crippen molar-refractivity contribution in [3.05, 3.63) is 0 Å². The monoisotopic (exact) mass is 747 g/mol. The molecule has 8 atom stereocenters. The number of fused-ring (bicyclic) bond motifs is 2. The van der Waals surface area contributed by atoms with Crippen molar-refractivity contribution in [2.45, 2.75) is 260 Å². The molecule has 0 spiro atoms. The standard InChI is InChI=1S/C52H94N2/c1-11-51(7,8)39-21-31-45-47(33-39)49(53(41-23-13-35(3)14-24-41)42-25-15-36(4)16-26-42)46-32-22-40(52(9,10)12-2)34-48(46)50(45)54(43-27-17-37(5)18-28-43)44-29-19-38(6)20-30-44/h35-50H,11-34H2,1-10H3. The fourth-order valence-corrected chi connectivity index (χ4v) is 15.3. The third kappa shape index (κ3) is 8.77. The Kier molecular flexibility index (Phi) is 13.7. The molecule has 0 heterocycles. The van der Waals surface area contributed by atoms with Crippen LogP contribution in [0.4, 0.5) is 0 Å². The maximum Gasteiger partial charge on any atom is 0.0164 e. The van der Waals surface area contributed by atoms with E-state index < -0.39 is 0 Å². The van der Waals surface area contributed by atoms with E-state index >= 15 is 0 Å². The molecule has 312 valence electrons. The lowest BCUT2D eigenvalue weighted by molar-refractivity contribution is -0.167. The Labute approximate surface area is 338 Å². The van der Waals surface area contributed by atoms with Crippen LogP contribution in [-0.2, 0) is 0 Å². The number of nitrogens with zero attached hydrogens (tertiary/aromatic N) is 2. The predicted molar refractivity (Wildman–Crippen MR) is 234 cm³/mol. The second-order valence-electron chi connectivity index (χ2n) is 23.9. The van der Waals surface area contributed by atoms with Crippen LogP contribution >= 0.6 is 0 Å². The summed E-state index contributed by atoms with van der Waals surface area (Å²) < 4.78 is 0. The van der Waals surface area contributed by atoms with Crippen LogP contribution in [0.3, 0.4) is 0 Å². The van der Waals surface area contributed by atoms with Crippen molar-refractivity contribution in [3.63, 3.8) is 0 Å². The van der Waals surface area contributed by atoms with Crippen LogP contribution < -0.4 is 0 Å². The minimum absolute atomic E-state index is 0.467. The molecule has 0 radical (unpaired) electrons. The highest BCUT2D eigenvalue weighted by molar-refractivity contribution is 5.12. The van der Waals surface area contributed by atoms with E-state index in [0.29, 0.717) is 10.8 Å². The largest absolute Gasteiger partial charge is 0.294 e. The van der Waals surface area contributed by atoms with Crippen molar-refractivity contribution in [3.8, 4) is 0 Å². The van der Waals surface area contributed by atoms with Crippen LogP contribution in [0.1, 0.15) is 223 Å². The first-order valence-corrected chi connectivity index (χ1v) is 25.4. The fourth-order valence-electron chi connectivity index (χ4n) is 15.3. The molecule has 0 aromatic carbocycles. The van der Waals surface area contributed by atoms with Crippen molar-refractivity contribution in [2.75, 3.05) is 0 Å². The third-order valence-corrected chi connectivity index (χ3v) is 20.0. The van der Waals surface area contributed by atoms with Gasteiger partial charge in [0.2, 0.25) is 0 Å². The molecule has 2 nitrogen and oxygen atoms in total. The molecule has 7 aliphatic carbocycles. The van der Waals surface area contributed by atoms with Crippen LogP contribution in [0.5, 0.6) is 0 Å². The Morgan fingerprint density at radius 2 is 0.611 bits per heavy atom. The average Bonchev–Trinajstić information content (AvgIpc) is 3.17. The highest BCUT2D eigenvalue weighted by atomic mass is 15.3. The number of hydrogen-bond acceptors (Lipinski definition) is 2. The van der Waals surface area contributed by atoms with Gasteiger partial charge in [-0.25, -0.2) is 0 Å². The van der Waals surface area contributed by atoms with Crippen molar-refractivity contribution in [1.82, 2.24) is 9.80 Å². The zero-order chi connectivity index (χ0) is 38.4. The lowest BCUT2D eigenvalue weighted by Gasteiger charge is -2.66. The molecule has 0 aromatic heterocycles. The average molecular weight is 747 g/mol. The minimum Gasteiger partial charge on any atom is -0.294 e.